The van der Waals surface area contributed by atoms with Crippen LogP contribution in [0.3, 0.4) is 0 Å². The van der Waals surface area contributed by atoms with Crippen LogP contribution in [-0.4, -0.2) is 50.3 Å². The summed E-state index contributed by atoms with van der Waals surface area (Å²) in [6.07, 6.45) is 2.46. The summed E-state index contributed by atoms with van der Waals surface area (Å²) in [5.74, 6) is -2.08. The lowest BCUT2D eigenvalue weighted by Gasteiger charge is -2.30. The first-order valence-corrected chi connectivity index (χ1v) is 10.0. The fourth-order valence-electron chi connectivity index (χ4n) is 2.88. The van der Waals surface area contributed by atoms with Gasteiger partial charge in [0.25, 0.3) is 5.91 Å². The number of amides is 1. The second-order valence-corrected chi connectivity index (χ2v) is 8.46. The maximum absolute atomic E-state index is 13.8. The van der Waals surface area contributed by atoms with E-state index in [1.165, 1.54) is 22.5 Å². The molecule has 1 aliphatic heterocycles. The largest absolute Gasteiger partial charge is 0.455 e. The van der Waals surface area contributed by atoms with Gasteiger partial charge in [-0.2, -0.15) is 4.31 Å². The van der Waals surface area contributed by atoms with Crippen molar-refractivity contribution in [3.8, 4) is 0 Å². The molecule has 0 bridgehead atoms. The number of nitrogens with zero attached hydrogens (tertiary/aromatic N) is 1. The lowest BCUT2D eigenvalue weighted by atomic mass is 9.98. The zero-order valence-electron chi connectivity index (χ0n) is 14.2. The second kappa shape index (κ2) is 7.71. The first-order chi connectivity index (χ1) is 12.4. The average Bonchev–Trinajstić information content (AvgIpc) is 3.44. The third-order valence-corrected chi connectivity index (χ3v) is 6.46. The Labute approximate surface area is 151 Å². The van der Waals surface area contributed by atoms with Crippen molar-refractivity contribution >= 4 is 21.9 Å². The van der Waals surface area contributed by atoms with Crippen LogP contribution in [0.25, 0.3) is 0 Å². The number of hydrogen-bond donors (Lipinski definition) is 1. The Hall–Kier alpha value is -2.00. The number of benzene rings is 1. The first kappa shape index (κ1) is 18.8. The van der Waals surface area contributed by atoms with E-state index in [4.69, 9.17) is 4.74 Å². The summed E-state index contributed by atoms with van der Waals surface area (Å²) in [5, 5.41) is 2.72. The van der Waals surface area contributed by atoms with E-state index in [2.05, 4.69) is 5.32 Å². The topological polar surface area (TPSA) is 92.8 Å². The number of carbonyl (C=O) groups excluding carboxylic acids is 2. The highest BCUT2D eigenvalue weighted by Gasteiger charge is 2.34. The van der Waals surface area contributed by atoms with Crippen LogP contribution >= 0.6 is 0 Å². The number of hydrogen-bond acceptors (Lipinski definition) is 5. The molecule has 0 aromatic heterocycles. The van der Waals surface area contributed by atoms with E-state index in [1.807, 2.05) is 0 Å². The van der Waals surface area contributed by atoms with Crippen molar-refractivity contribution < 1.29 is 27.1 Å². The molecule has 1 heterocycles. The molecule has 0 spiro atoms. The Kier molecular flexibility index (Phi) is 5.57. The SMILES string of the molecule is O=C(COC(=O)C1CCN(S(=O)(=O)c2ccccc2F)CC1)NC1CC1. The van der Waals surface area contributed by atoms with Gasteiger partial charge in [-0.05, 0) is 37.8 Å². The molecule has 1 aliphatic carbocycles. The molecule has 3 rings (SSSR count). The van der Waals surface area contributed by atoms with Crippen molar-refractivity contribution in [3.05, 3.63) is 30.1 Å². The van der Waals surface area contributed by atoms with Gasteiger partial charge >= 0.3 is 5.97 Å². The van der Waals surface area contributed by atoms with Crippen molar-refractivity contribution in [2.24, 2.45) is 5.92 Å². The summed E-state index contributed by atoms with van der Waals surface area (Å²) in [5.41, 5.74) is 0. The first-order valence-electron chi connectivity index (χ1n) is 8.58. The van der Waals surface area contributed by atoms with Gasteiger partial charge in [-0.3, -0.25) is 9.59 Å². The van der Waals surface area contributed by atoms with Crippen LogP contribution in [0.2, 0.25) is 0 Å². The third kappa shape index (κ3) is 4.39. The summed E-state index contributed by atoms with van der Waals surface area (Å²) in [4.78, 5) is 23.2. The van der Waals surface area contributed by atoms with Crippen molar-refractivity contribution in [2.45, 2.75) is 36.6 Å². The summed E-state index contributed by atoms with van der Waals surface area (Å²) >= 11 is 0. The standard InChI is InChI=1S/C17H21FN2O5S/c18-14-3-1-2-4-15(14)26(23,24)20-9-7-12(8-10-20)17(22)25-11-16(21)19-13-5-6-13/h1-4,12-13H,5-11H2,(H,19,21). The van der Waals surface area contributed by atoms with E-state index < -0.39 is 27.7 Å². The quantitative estimate of drug-likeness (QED) is 0.740. The second-order valence-electron chi connectivity index (χ2n) is 6.56. The molecule has 26 heavy (non-hydrogen) atoms. The molecule has 0 atom stereocenters. The summed E-state index contributed by atoms with van der Waals surface area (Å²) in [7, 11) is -3.93. The molecule has 1 saturated heterocycles. The number of sulfonamides is 1. The van der Waals surface area contributed by atoms with Crippen LogP contribution in [0.4, 0.5) is 4.39 Å². The number of ether oxygens (including phenoxy) is 1. The number of piperidine rings is 1. The summed E-state index contributed by atoms with van der Waals surface area (Å²) < 4.78 is 45.0. The fourth-order valence-corrected chi connectivity index (χ4v) is 4.41. The lowest BCUT2D eigenvalue weighted by Crippen LogP contribution is -2.41. The van der Waals surface area contributed by atoms with Gasteiger partial charge < -0.3 is 10.1 Å². The molecule has 7 nitrogen and oxygen atoms in total. The Morgan fingerprint density at radius 2 is 1.81 bits per heavy atom. The van der Waals surface area contributed by atoms with Crippen LogP contribution in [-0.2, 0) is 24.3 Å². The molecule has 142 valence electrons. The molecule has 9 heteroatoms. The molecule has 1 saturated carbocycles. The number of nitrogens with one attached hydrogen (secondary N) is 1. The van der Waals surface area contributed by atoms with Crippen molar-refractivity contribution in [3.63, 3.8) is 0 Å². The minimum absolute atomic E-state index is 0.102. The van der Waals surface area contributed by atoms with Gasteiger partial charge in [0.1, 0.15) is 10.7 Å². The van der Waals surface area contributed by atoms with Gasteiger partial charge in [0, 0.05) is 19.1 Å². The predicted molar refractivity (Wildman–Crippen MR) is 90.0 cm³/mol. The molecule has 2 aliphatic rings. The van der Waals surface area contributed by atoms with Crippen LogP contribution < -0.4 is 5.32 Å². The van der Waals surface area contributed by atoms with Crippen molar-refractivity contribution in [1.29, 1.82) is 0 Å². The smallest absolute Gasteiger partial charge is 0.309 e. The minimum Gasteiger partial charge on any atom is -0.455 e. The highest BCUT2D eigenvalue weighted by Crippen LogP contribution is 2.26. The number of halogens is 1. The molecule has 0 unspecified atom stereocenters. The third-order valence-electron chi connectivity index (χ3n) is 4.53. The molecule has 1 aromatic rings. The Morgan fingerprint density at radius 1 is 1.15 bits per heavy atom. The van der Waals surface area contributed by atoms with Gasteiger partial charge in [0.15, 0.2) is 6.61 Å². The number of carbonyl (C=O) groups is 2. The monoisotopic (exact) mass is 384 g/mol. The van der Waals surface area contributed by atoms with Crippen LogP contribution in [0.15, 0.2) is 29.2 Å². The van der Waals surface area contributed by atoms with E-state index in [0.29, 0.717) is 0 Å². The highest BCUT2D eigenvalue weighted by molar-refractivity contribution is 7.89. The van der Waals surface area contributed by atoms with E-state index >= 15 is 0 Å². The normalized spacial score (nSPS) is 19.1. The Balaban J connectivity index is 1.51. The van der Waals surface area contributed by atoms with Gasteiger partial charge in [0.05, 0.1) is 5.92 Å². The van der Waals surface area contributed by atoms with Crippen molar-refractivity contribution in [1.82, 2.24) is 9.62 Å². The van der Waals surface area contributed by atoms with Gasteiger partial charge in [-0.25, -0.2) is 12.8 Å². The van der Waals surface area contributed by atoms with Gasteiger partial charge in [-0.15, -0.1) is 0 Å². The molecule has 1 aromatic carbocycles. The molecule has 1 N–H and O–H groups in total. The zero-order chi connectivity index (χ0) is 18.7. The maximum Gasteiger partial charge on any atom is 0.309 e. The van der Waals surface area contributed by atoms with E-state index in [1.54, 1.807) is 0 Å². The molecular formula is C17H21FN2O5S. The average molecular weight is 384 g/mol. The molecule has 0 radical (unpaired) electrons. The number of rotatable bonds is 6. The van der Waals surface area contributed by atoms with Crippen LogP contribution in [0.1, 0.15) is 25.7 Å². The fraction of sp³-hybridized carbons (Fsp3) is 0.529. The lowest BCUT2D eigenvalue weighted by molar-refractivity contribution is -0.153. The van der Waals surface area contributed by atoms with E-state index in [-0.39, 0.29) is 49.4 Å². The zero-order valence-corrected chi connectivity index (χ0v) is 15.0. The Bertz CT molecular complexity index is 786. The predicted octanol–water partition coefficient (Wildman–Crippen LogP) is 1.05. The van der Waals surface area contributed by atoms with Crippen LogP contribution in [0, 0.1) is 11.7 Å². The van der Waals surface area contributed by atoms with E-state index in [0.717, 1.165) is 18.9 Å². The highest BCUT2D eigenvalue weighted by atomic mass is 32.2. The molecule has 2 fully saturated rings. The molecular weight excluding hydrogens is 363 g/mol. The van der Waals surface area contributed by atoms with Crippen LogP contribution in [0.5, 0.6) is 0 Å². The summed E-state index contributed by atoms with van der Waals surface area (Å²) in [6, 6.07) is 5.42. The number of esters is 1. The Morgan fingerprint density at radius 3 is 2.42 bits per heavy atom. The van der Waals surface area contributed by atoms with Gasteiger partial charge in [0.2, 0.25) is 10.0 Å². The van der Waals surface area contributed by atoms with Crippen molar-refractivity contribution in [2.75, 3.05) is 19.7 Å². The van der Waals surface area contributed by atoms with Gasteiger partial charge in [-0.1, -0.05) is 12.1 Å². The minimum atomic E-state index is -3.93. The van der Waals surface area contributed by atoms with E-state index in [9.17, 15) is 22.4 Å². The maximum atomic E-state index is 13.8. The summed E-state index contributed by atoms with van der Waals surface area (Å²) in [6.45, 7) is -0.113. The molecule has 1 amide bonds.